The molecular weight excluding hydrogens is 272 g/mol. The maximum absolute atomic E-state index is 11.9. The van der Waals surface area contributed by atoms with Gasteiger partial charge in [-0.2, -0.15) is 0 Å². The lowest BCUT2D eigenvalue weighted by atomic mass is 9.73. The lowest BCUT2D eigenvalue weighted by Crippen LogP contribution is -2.51. The quantitative estimate of drug-likeness (QED) is 0.696. The van der Waals surface area contributed by atoms with Gasteiger partial charge in [-0.3, -0.25) is 10.1 Å². The fourth-order valence-electron chi connectivity index (χ4n) is 2.48. The average molecular weight is 296 g/mol. The summed E-state index contributed by atoms with van der Waals surface area (Å²) in [5.74, 6) is -1.85. The molecule has 1 atom stereocenters. The van der Waals surface area contributed by atoms with Gasteiger partial charge in [-0.15, -0.1) is 0 Å². The first-order valence-corrected chi connectivity index (χ1v) is 7.18. The SMILES string of the molecule is CC(C(=O)O)=C(C)C(=O)NC(=O)NC1CCCCC1(C)C. The van der Waals surface area contributed by atoms with Crippen molar-refractivity contribution in [1.82, 2.24) is 10.6 Å². The highest BCUT2D eigenvalue weighted by Gasteiger charge is 2.33. The zero-order chi connectivity index (χ0) is 16.2. The van der Waals surface area contributed by atoms with Gasteiger partial charge in [0.25, 0.3) is 5.91 Å². The van der Waals surface area contributed by atoms with E-state index < -0.39 is 17.9 Å². The van der Waals surface area contributed by atoms with Crippen LogP contribution in [-0.2, 0) is 9.59 Å². The lowest BCUT2D eigenvalue weighted by molar-refractivity contribution is -0.133. The van der Waals surface area contributed by atoms with Crippen molar-refractivity contribution in [3.8, 4) is 0 Å². The minimum Gasteiger partial charge on any atom is -0.478 e. The van der Waals surface area contributed by atoms with Crippen molar-refractivity contribution in [2.75, 3.05) is 0 Å². The van der Waals surface area contributed by atoms with Gasteiger partial charge in [0.15, 0.2) is 0 Å². The molecule has 6 nitrogen and oxygen atoms in total. The number of hydrogen-bond donors (Lipinski definition) is 3. The summed E-state index contributed by atoms with van der Waals surface area (Å²) in [6.07, 6.45) is 4.12. The molecule has 118 valence electrons. The van der Waals surface area contributed by atoms with E-state index in [0.717, 1.165) is 25.7 Å². The van der Waals surface area contributed by atoms with Crippen molar-refractivity contribution in [2.45, 2.75) is 59.4 Å². The van der Waals surface area contributed by atoms with Gasteiger partial charge in [0.2, 0.25) is 0 Å². The van der Waals surface area contributed by atoms with E-state index in [2.05, 4.69) is 24.5 Å². The third-order valence-corrected chi connectivity index (χ3v) is 4.26. The number of nitrogens with one attached hydrogen (secondary N) is 2. The highest BCUT2D eigenvalue weighted by atomic mass is 16.4. The topological polar surface area (TPSA) is 95.5 Å². The molecule has 3 N–H and O–H groups in total. The number of hydrogen-bond acceptors (Lipinski definition) is 3. The Morgan fingerprint density at radius 2 is 1.71 bits per heavy atom. The molecule has 0 aromatic heterocycles. The summed E-state index contributed by atoms with van der Waals surface area (Å²) in [6, 6.07) is -0.554. The first kappa shape index (κ1) is 17.2. The Balaban J connectivity index is 2.64. The predicted octanol–water partition coefficient (Wildman–Crippen LogP) is 2.20. The van der Waals surface area contributed by atoms with E-state index >= 15 is 0 Å². The van der Waals surface area contributed by atoms with Crippen LogP contribution in [0.15, 0.2) is 11.1 Å². The van der Waals surface area contributed by atoms with Gasteiger partial charge in [-0.1, -0.05) is 26.7 Å². The third kappa shape index (κ3) is 4.58. The van der Waals surface area contributed by atoms with Gasteiger partial charge in [0, 0.05) is 17.2 Å². The van der Waals surface area contributed by atoms with E-state index in [9.17, 15) is 14.4 Å². The lowest BCUT2D eigenvalue weighted by Gasteiger charge is -2.38. The van der Waals surface area contributed by atoms with E-state index in [1.807, 2.05) is 0 Å². The summed E-state index contributed by atoms with van der Waals surface area (Å²) in [4.78, 5) is 34.5. The number of aliphatic carboxylic acids is 1. The molecule has 21 heavy (non-hydrogen) atoms. The monoisotopic (exact) mass is 296 g/mol. The van der Waals surface area contributed by atoms with Crippen LogP contribution in [0.1, 0.15) is 53.4 Å². The van der Waals surface area contributed by atoms with Gasteiger partial charge in [0.05, 0.1) is 0 Å². The molecule has 0 bridgehead atoms. The van der Waals surface area contributed by atoms with Crippen LogP contribution in [0, 0.1) is 5.41 Å². The maximum Gasteiger partial charge on any atom is 0.331 e. The van der Waals surface area contributed by atoms with Crippen LogP contribution in [0.3, 0.4) is 0 Å². The van der Waals surface area contributed by atoms with Crippen molar-refractivity contribution in [3.63, 3.8) is 0 Å². The molecule has 0 saturated heterocycles. The Morgan fingerprint density at radius 1 is 1.10 bits per heavy atom. The van der Waals surface area contributed by atoms with Gasteiger partial charge < -0.3 is 10.4 Å². The molecular formula is C15H24N2O4. The van der Waals surface area contributed by atoms with Crippen LogP contribution >= 0.6 is 0 Å². The minimum absolute atomic E-state index is 0.000499. The van der Waals surface area contributed by atoms with E-state index in [1.165, 1.54) is 13.8 Å². The Bertz CT molecular complexity index is 480. The number of imide groups is 1. The summed E-state index contributed by atoms with van der Waals surface area (Å²) in [7, 11) is 0. The summed E-state index contributed by atoms with van der Waals surface area (Å²) < 4.78 is 0. The number of urea groups is 1. The zero-order valence-electron chi connectivity index (χ0n) is 13.1. The Hall–Kier alpha value is -1.85. The van der Waals surface area contributed by atoms with Crippen LogP contribution < -0.4 is 10.6 Å². The standard InChI is InChI=1S/C15H24N2O4/c1-9(10(2)13(19)20)12(18)17-14(21)16-11-7-5-6-8-15(11,3)4/h11H,5-8H2,1-4H3,(H,19,20)(H2,16,17,18,21). The largest absolute Gasteiger partial charge is 0.478 e. The Morgan fingerprint density at radius 3 is 2.24 bits per heavy atom. The normalized spacial score (nSPS) is 22.0. The first-order valence-electron chi connectivity index (χ1n) is 7.18. The Labute approximate surface area is 125 Å². The van der Waals surface area contributed by atoms with Gasteiger partial charge in [-0.05, 0) is 32.1 Å². The number of carboxylic acids is 1. The van der Waals surface area contributed by atoms with E-state index in [4.69, 9.17) is 5.11 Å². The van der Waals surface area contributed by atoms with Crippen LogP contribution in [-0.4, -0.2) is 29.1 Å². The van der Waals surface area contributed by atoms with Crippen LogP contribution in [0.5, 0.6) is 0 Å². The molecule has 1 fully saturated rings. The number of amides is 3. The van der Waals surface area contributed by atoms with Crippen LogP contribution in [0.2, 0.25) is 0 Å². The molecule has 0 aromatic carbocycles. The molecule has 0 heterocycles. The van der Waals surface area contributed by atoms with Crippen LogP contribution in [0.4, 0.5) is 4.79 Å². The molecule has 1 aliphatic rings. The molecule has 6 heteroatoms. The molecule has 1 aliphatic carbocycles. The van der Waals surface area contributed by atoms with Gasteiger partial charge in [-0.25, -0.2) is 9.59 Å². The van der Waals surface area contributed by atoms with Crippen LogP contribution in [0.25, 0.3) is 0 Å². The second-order valence-electron chi connectivity index (χ2n) is 6.27. The zero-order valence-corrected chi connectivity index (χ0v) is 13.1. The molecule has 1 rings (SSSR count). The third-order valence-electron chi connectivity index (χ3n) is 4.26. The molecule has 0 spiro atoms. The molecule has 1 unspecified atom stereocenters. The smallest absolute Gasteiger partial charge is 0.331 e. The average Bonchev–Trinajstić information content (AvgIpc) is 2.39. The van der Waals surface area contributed by atoms with Crippen molar-refractivity contribution in [3.05, 3.63) is 11.1 Å². The molecule has 0 aromatic rings. The first-order chi connectivity index (χ1) is 9.65. The number of carboxylic acid groups (broad SMARTS) is 1. The Kier molecular flexibility index (Phi) is 5.52. The maximum atomic E-state index is 11.9. The molecule has 1 saturated carbocycles. The summed E-state index contributed by atoms with van der Waals surface area (Å²) in [5.41, 5.74) is -0.0422. The van der Waals surface area contributed by atoms with Crippen molar-refractivity contribution < 1.29 is 19.5 Å². The number of carbonyl (C=O) groups excluding carboxylic acids is 2. The van der Waals surface area contributed by atoms with E-state index in [-0.39, 0.29) is 22.6 Å². The highest BCUT2D eigenvalue weighted by molar-refractivity contribution is 6.07. The minimum atomic E-state index is -1.17. The summed E-state index contributed by atoms with van der Waals surface area (Å²) in [6.45, 7) is 6.91. The van der Waals surface area contributed by atoms with E-state index in [0.29, 0.717) is 0 Å². The second kappa shape index (κ2) is 6.74. The van der Waals surface area contributed by atoms with Crippen molar-refractivity contribution >= 4 is 17.9 Å². The number of carbonyl (C=O) groups is 3. The summed E-state index contributed by atoms with van der Waals surface area (Å²) in [5, 5.41) is 13.8. The second-order valence-corrected chi connectivity index (χ2v) is 6.27. The molecule has 0 aliphatic heterocycles. The predicted molar refractivity (Wildman–Crippen MR) is 78.7 cm³/mol. The highest BCUT2D eigenvalue weighted by Crippen LogP contribution is 2.35. The van der Waals surface area contributed by atoms with Crippen molar-refractivity contribution in [1.29, 1.82) is 0 Å². The fraction of sp³-hybridized carbons (Fsp3) is 0.667. The van der Waals surface area contributed by atoms with Gasteiger partial charge >= 0.3 is 12.0 Å². The van der Waals surface area contributed by atoms with E-state index in [1.54, 1.807) is 0 Å². The summed E-state index contributed by atoms with van der Waals surface area (Å²) >= 11 is 0. The van der Waals surface area contributed by atoms with Gasteiger partial charge in [0.1, 0.15) is 0 Å². The molecule has 0 radical (unpaired) electrons. The number of rotatable bonds is 3. The molecule has 3 amide bonds. The van der Waals surface area contributed by atoms with Crippen molar-refractivity contribution in [2.24, 2.45) is 5.41 Å². The fourth-order valence-corrected chi connectivity index (χ4v) is 2.48.